The van der Waals surface area contributed by atoms with Crippen LogP contribution in [0.4, 0.5) is 8.78 Å². The highest BCUT2D eigenvalue weighted by Crippen LogP contribution is 2.28. The monoisotopic (exact) mass is 423 g/mol. The molecule has 4 aromatic rings. The van der Waals surface area contributed by atoms with Crippen LogP contribution in [0.25, 0.3) is 22.2 Å². The highest BCUT2D eigenvalue weighted by atomic mass is 19.1. The topological polar surface area (TPSA) is 107 Å². The average molecular weight is 423 g/mol. The fourth-order valence-electron chi connectivity index (χ4n) is 3.42. The second-order valence-electron chi connectivity index (χ2n) is 7.64. The van der Waals surface area contributed by atoms with E-state index in [1.807, 2.05) is 10.9 Å². The number of hydrogen-bond donors (Lipinski definition) is 2. The van der Waals surface area contributed by atoms with Crippen molar-refractivity contribution in [2.24, 2.45) is 11.7 Å². The van der Waals surface area contributed by atoms with Crippen molar-refractivity contribution in [1.82, 2.24) is 19.7 Å². The molecule has 9 heteroatoms. The summed E-state index contributed by atoms with van der Waals surface area (Å²) in [5.74, 6) is -3.96. The highest BCUT2D eigenvalue weighted by Gasteiger charge is 2.26. The molecular weight excluding hydrogens is 404 g/mol. The predicted octanol–water partition coefficient (Wildman–Crippen LogP) is 3.69. The summed E-state index contributed by atoms with van der Waals surface area (Å²) in [7, 11) is 0. The predicted molar refractivity (Wildman–Crippen MR) is 110 cm³/mol. The largest absolute Gasteiger partial charge is 0.366 e. The lowest BCUT2D eigenvalue weighted by molar-refractivity contribution is 0.0996. The molecule has 31 heavy (non-hydrogen) atoms. The van der Waals surface area contributed by atoms with Crippen molar-refractivity contribution in [3.05, 3.63) is 71.3 Å². The number of aromatic amines is 1. The van der Waals surface area contributed by atoms with E-state index in [9.17, 15) is 18.4 Å². The molecule has 0 radical (unpaired) electrons. The van der Waals surface area contributed by atoms with Gasteiger partial charge in [0, 0.05) is 47.2 Å². The van der Waals surface area contributed by atoms with E-state index in [0.29, 0.717) is 22.5 Å². The molecule has 0 bridgehead atoms. The lowest BCUT2D eigenvalue weighted by Gasteiger charge is -2.07. The standard InChI is InChI=1S/C22H19F2N5O2/c1-11(2)9-29-10-13(7-28-29)12-5-15-16(8-27-22(15)26-6-12)20(30)18-17(23)4-3-14(19(18)24)21(25)31/h3-8,10-11H,9H2,1-2H3,(H2,25,31)(H,26,27). The van der Waals surface area contributed by atoms with Crippen LogP contribution < -0.4 is 5.73 Å². The smallest absolute Gasteiger partial charge is 0.251 e. The number of carbonyl (C=O) groups is 2. The van der Waals surface area contributed by atoms with Crippen molar-refractivity contribution in [2.45, 2.75) is 20.4 Å². The third kappa shape index (κ3) is 3.70. The van der Waals surface area contributed by atoms with E-state index >= 15 is 0 Å². The number of rotatable bonds is 6. The number of H-pyrrole nitrogens is 1. The Kier molecular flexibility index (Phi) is 5.10. The van der Waals surface area contributed by atoms with Crippen LogP contribution in [0.1, 0.15) is 40.1 Å². The van der Waals surface area contributed by atoms with Crippen molar-refractivity contribution >= 4 is 22.7 Å². The number of aromatic nitrogens is 4. The lowest BCUT2D eigenvalue weighted by Crippen LogP contribution is -2.17. The van der Waals surface area contributed by atoms with E-state index in [1.165, 1.54) is 6.20 Å². The summed E-state index contributed by atoms with van der Waals surface area (Å²) in [4.78, 5) is 31.6. The Balaban J connectivity index is 1.79. The van der Waals surface area contributed by atoms with Gasteiger partial charge in [-0.2, -0.15) is 5.10 Å². The van der Waals surface area contributed by atoms with Crippen molar-refractivity contribution in [1.29, 1.82) is 0 Å². The summed E-state index contributed by atoms with van der Waals surface area (Å²) >= 11 is 0. The first kappa shape index (κ1) is 20.4. The number of pyridine rings is 1. The van der Waals surface area contributed by atoms with Gasteiger partial charge in [0.2, 0.25) is 5.78 Å². The second kappa shape index (κ2) is 7.75. The molecule has 0 aliphatic heterocycles. The van der Waals surface area contributed by atoms with Gasteiger partial charge < -0.3 is 10.7 Å². The minimum atomic E-state index is -1.29. The SMILES string of the molecule is CC(C)Cn1cc(-c2cnc3[nH]cc(C(=O)c4c(F)ccc(C(N)=O)c4F)c3c2)cn1. The van der Waals surface area contributed by atoms with Crippen LogP contribution in [0.15, 0.2) is 43.0 Å². The number of primary amides is 1. The first-order chi connectivity index (χ1) is 14.8. The van der Waals surface area contributed by atoms with E-state index in [4.69, 9.17) is 5.73 Å². The molecule has 4 rings (SSSR count). The van der Waals surface area contributed by atoms with Crippen LogP contribution >= 0.6 is 0 Å². The molecular formula is C22H19F2N5O2. The second-order valence-corrected chi connectivity index (χ2v) is 7.64. The van der Waals surface area contributed by atoms with Gasteiger partial charge in [0.25, 0.3) is 5.91 Å². The van der Waals surface area contributed by atoms with Crippen LogP contribution in [0, 0.1) is 17.6 Å². The molecule has 7 nitrogen and oxygen atoms in total. The molecule has 158 valence electrons. The van der Waals surface area contributed by atoms with Gasteiger partial charge in [-0.15, -0.1) is 0 Å². The number of halogens is 2. The number of carbonyl (C=O) groups excluding carboxylic acids is 2. The van der Waals surface area contributed by atoms with Gasteiger partial charge in [-0.05, 0) is 24.1 Å². The zero-order valence-corrected chi connectivity index (χ0v) is 16.8. The average Bonchev–Trinajstić information content (AvgIpc) is 3.33. The highest BCUT2D eigenvalue weighted by molar-refractivity contribution is 6.17. The van der Waals surface area contributed by atoms with E-state index in [0.717, 1.165) is 24.2 Å². The Labute approximate surface area is 175 Å². The molecule has 3 heterocycles. The normalized spacial score (nSPS) is 11.4. The molecule has 0 aliphatic rings. The first-order valence-electron chi connectivity index (χ1n) is 9.58. The molecule has 0 saturated carbocycles. The van der Waals surface area contributed by atoms with E-state index < -0.39 is 34.5 Å². The van der Waals surface area contributed by atoms with Crippen LogP contribution in [0.3, 0.4) is 0 Å². The maximum absolute atomic E-state index is 14.7. The Morgan fingerprint density at radius 1 is 1.16 bits per heavy atom. The maximum atomic E-state index is 14.7. The molecule has 0 saturated heterocycles. The van der Waals surface area contributed by atoms with Crippen LogP contribution in [-0.2, 0) is 6.54 Å². The first-order valence-corrected chi connectivity index (χ1v) is 9.58. The summed E-state index contributed by atoms with van der Waals surface area (Å²) in [5.41, 5.74) is 5.63. The van der Waals surface area contributed by atoms with Crippen LogP contribution in [-0.4, -0.2) is 31.4 Å². The Morgan fingerprint density at radius 3 is 2.65 bits per heavy atom. The van der Waals surface area contributed by atoms with Crippen molar-refractivity contribution < 1.29 is 18.4 Å². The van der Waals surface area contributed by atoms with Gasteiger partial charge in [0.15, 0.2) is 0 Å². The van der Waals surface area contributed by atoms with Gasteiger partial charge >= 0.3 is 0 Å². The Morgan fingerprint density at radius 2 is 1.94 bits per heavy atom. The fraction of sp³-hybridized carbons (Fsp3) is 0.182. The summed E-state index contributed by atoms with van der Waals surface area (Å²) in [6.07, 6.45) is 6.52. The fourth-order valence-corrected chi connectivity index (χ4v) is 3.42. The summed E-state index contributed by atoms with van der Waals surface area (Å²) in [6.45, 7) is 4.91. The number of nitrogens with zero attached hydrogens (tertiary/aromatic N) is 3. The molecule has 0 unspecified atom stereocenters. The van der Waals surface area contributed by atoms with Crippen LogP contribution in [0.2, 0.25) is 0 Å². The molecule has 3 N–H and O–H groups in total. The zero-order chi connectivity index (χ0) is 22.3. The number of hydrogen-bond acceptors (Lipinski definition) is 4. The maximum Gasteiger partial charge on any atom is 0.251 e. The molecule has 3 aromatic heterocycles. The van der Waals surface area contributed by atoms with Crippen molar-refractivity contribution in [3.8, 4) is 11.1 Å². The molecule has 1 amide bonds. The molecule has 0 fully saturated rings. The molecule has 0 atom stereocenters. The summed E-state index contributed by atoms with van der Waals surface area (Å²) in [6, 6.07) is 3.46. The number of benzene rings is 1. The lowest BCUT2D eigenvalue weighted by atomic mass is 9.98. The third-order valence-electron chi connectivity index (χ3n) is 4.88. The molecule has 0 aliphatic carbocycles. The zero-order valence-electron chi connectivity index (χ0n) is 16.8. The van der Waals surface area contributed by atoms with Crippen molar-refractivity contribution in [3.63, 3.8) is 0 Å². The number of nitrogens with two attached hydrogens (primary N) is 1. The van der Waals surface area contributed by atoms with Gasteiger partial charge in [-0.25, -0.2) is 13.8 Å². The van der Waals surface area contributed by atoms with Gasteiger partial charge in [0.05, 0.1) is 17.3 Å². The number of fused-ring (bicyclic) bond motifs is 1. The Hall–Kier alpha value is -3.88. The van der Waals surface area contributed by atoms with E-state index in [2.05, 4.69) is 28.9 Å². The van der Waals surface area contributed by atoms with E-state index in [1.54, 1.807) is 18.5 Å². The van der Waals surface area contributed by atoms with E-state index in [-0.39, 0.29) is 5.56 Å². The number of amides is 1. The molecule has 1 aromatic carbocycles. The summed E-state index contributed by atoms with van der Waals surface area (Å²) < 4.78 is 30.8. The van der Waals surface area contributed by atoms with Gasteiger partial charge in [-0.3, -0.25) is 14.3 Å². The summed E-state index contributed by atoms with van der Waals surface area (Å²) in [5, 5.41) is 4.72. The molecule has 0 spiro atoms. The van der Waals surface area contributed by atoms with Crippen molar-refractivity contribution in [2.75, 3.05) is 0 Å². The minimum absolute atomic E-state index is 0.0262. The quantitative estimate of drug-likeness (QED) is 0.461. The third-order valence-corrected chi connectivity index (χ3v) is 4.88. The minimum Gasteiger partial charge on any atom is -0.366 e. The number of ketones is 1. The van der Waals surface area contributed by atoms with Crippen LogP contribution in [0.5, 0.6) is 0 Å². The Bertz CT molecular complexity index is 1320. The number of nitrogens with one attached hydrogen (secondary N) is 1. The van der Waals surface area contributed by atoms with Gasteiger partial charge in [0.1, 0.15) is 17.3 Å². The van der Waals surface area contributed by atoms with Gasteiger partial charge in [-0.1, -0.05) is 13.8 Å².